The van der Waals surface area contributed by atoms with Gasteiger partial charge in [0.05, 0.1) is 23.0 Å². The summed E-state index contributed by atoms with van der Waals surface area (Å²) in [5.41, 5.74) is 2.32. The number of benzene rings is 2. The zero-order valence-corrected chi connectivity index (χ0v) is 16.2. The summed E-state index contributed by atoms with van der Waals surface area (Å²) in [6.45, 7) is 2.80. The predicted molar refractivity (Wildman–Crippen MR) is 108 cm³/mol. The average molecular weight is 393 g/mol. The fraction of sp³-hybridized carbons (Fsp3) is 0.318. The van der Waals surface area contributed by atoms with Crippen LogP contribution in [0.4, 0.5) is 0 Å². The van der Waals surface area contributed by atoms with E-state index in [0.29, 0.717) is 31.6 Å². The highest BCUT2D eigenvalue weighted by Crippen LogP contribution is 2.26. The third kappa shape index (κ3) is 3.86. The zero-order chi connectivity index (χ0) is 20.4. The summed E-state index contributed by atoms with van der Waals surface area (Å²) < 4.78 is 7.40. The van der Waals surface area contributed by atoms with Gasteiger partial charge in [-0.25, -0.2) is 4.98 Å². The van der Waals surface area contributed by atoms with Gasteiger partial charge >= 0.3 is 5.97 Å². The van der Waals surface area contributed by atoms with E-state index in [-0.39, 0.29) is 12.3 Å². The van der Waals surface area contributed by atoms with Gasteiger partial charge in [-0.15, -0.1) is 0 Å². The Morgan fingerprint density at radius 2 is 1.90 bits per heavy atom. The molecule has 0 spiro atoms. The molecule has 1 saturated heterocycles. The molecule has 1 amide bonds. The molecule has 150 valence electrons. The maximum atomic E-state index is 12.9. The van der Waals surface area contributed by atoms with Crippen molar-refractivity contribution in [2.75, 3.05) is 13.2 Å². The third-order valence-corrected chi connectivity index (χ3v) is 5.42. The first-order valence-electron chi connectivity index (χ1n) is 9.64. The van der Waals surface area contributed by atoms with Crippen molar-refractivity contribution in [1.29, 1.82) is 0 Å². The molecule has 0 radical (unpaired) electrons. The minimum Gasteiger partial charge on any atom is -0.481 e. The summed E-state index contributed by atoms with van der Waals surface area (Å²) >= 11 is 0. The van der Waals surface area contributed by atoms with E-state index in [1.165, 1.54) is 0 Å². The van der Waals surface area contributed by atoms with Crippen molar-refractivity contribution in [3.8, 4) is 5.69 Å². The molecule has 29 heavy (non-hydrogen) atoms. The standard InChI is InChI=1S/C22H23N3O4/c1-15-23-18-13-16(7-8-19(18)25(15)17-5-3-2-4-6-17)21(28)24-22(14-20(26)27)9-11-29-12-10-22/h2-8,13H,9-12,14H2,1H3,(H,24,28)(H,26,27). The number of amides is 1. The topological polar surface area (TPSA) is 93.5 Å². The van der Waals surface area contributed by atoms with Gasteiger partial charge in [-0.05, 0) is 50.1 Å². The number of aliphatic carboxylic acids is 1. The van der Waals surface area contributed by atoms with Crippen LogP contribution in [-0.4, -0.2) is 45.3 Å². The molecular weight excluding hydrogens is 370 g/mol. The van der Waals surface area contributed by atoms with Crippen LogP contribution < -0.4 is 5.32 Å². The molecule has 7 nitrogen and oxygen atoms in total. The molecule has 0 aliphatic carbocycles. The lowest BCUT2D eigenvalue weighted by Gasteiger charge is -2.36. The molecule has 0 bridgehead atoms. The molecule has 2 heterocycles. The number of carbonyl (C=O) groups is 2. The monoisotopic (exact) mass is 393 g/mol. The van der Waals surface area contributed by atoms with E-state index < -0.39 is 11.5 Å². The first-order chi connectivity index (χ1) is 14.0. The Kier molecular flexibility index (Phi) is 5.07. The van der Waals surface area contributed by atoms with Crippen LogP contribution in [0.25, 0.3) is 16.7 Å². The molecule has 0 atom stereocenters. The number of aryl methyl sites for hydroxylation is 1. The quantitative estimate of drug-likeness (QED) is 0.695. The second-order valence-electron chi connectivity index (χ2n) is 7.45. The molecule has 2 N–H and O–H groups in total. The van der Waals surface area contributed by atoms with Crippen LogP contribution in [0.5, 0.6) is 0 Å². The molecule has 1 aliphatic heterocycles. The molecule has 4 rings (SSSR count). The molecule has 1 aliphatic rings. The molecule has 0 unspecified atom stereocenters. The minimum atomic E-state index is -0.931. The SMILES string of the molecule is Cc1nc2cc(C(=O)NC3(CC(=O)O)CCOCC3)ccc2n1-c1ccccc1. The number of carbonyl (C=O) groups excluding carboxylic acids is 1. The molecular formula is C22H23N3O4. The van der Waals surface area contributed by atoms with Crippen molar-refractivity contribution >= 4 is 22.9 Å². The van der Waals surface area contributed by atoms with E-state index >= 15 is 0 Å². The minimum absolute atomic E-state index is 0.119. The van der Waals surface area contributed by atoms with E-state index in [4.69, 9.17) is 4.74 Å². The number of nitrogens with zero attached hydrogens (tertiary/aromatic N) is 2. The van der Waals surface area contributed by atoms with Gasteiger partial charge in [-0.2, -0.15) is 0 Å². The van der Waals surface area contributed by atoms with Crippen LogP contribution in [0, 0.1) is 6.92 Å². The second-order valence-corrected chi connectivity index (χ2v) is 7.45. The maximum absolute atomic E-state index is 12.9. The summed E-state index contributed by atoms with van der Waals surface area (Å²) in [4.78, 5) is 28.9. The predicted octanol–water partition coefficient (Wildman–Crippen LogP) is 3.09. The van der Waals surface area contributed by atoms with Crippen molar-refractivity contribution < 1.29 is 19.4 Å². The van der Waals surface area contributed by atoms with Crippen LogP contribution in [0.15, 0.2) is 48.5 Å². The number of hydrogen-bond donors (Lipinski definition) is 2. The van der Waals surface area contributed by atoms with Crippen molar-refractivity contribution in [3.05, 3.63) is 59.9 Å². The lowest BCUT2D eigenvalue weighted by atomic mass is 9.86. The fourth-order valence-corrected chi connectivity index (χ4v) is 3.96. The van der Waals surface area contributed by atoms with Gasteiger partial charge in [0.1, 0.15) is 5.82 Å². The van der Waals surface area contributed by atoms with Crippen molar-refractivity contribution in [2.45, 2.75) is 31.7 Å². The Hall–Kier alpha value is -3.19. The number of fused-ring (bicyclic) bond motifs is 1. The summed E-state index contributed by atoms with van der Waals surface area (Å²) in [6, 6.07) is 15.3. The number of rotatable bonds is 5. The maximum Gasteiger partial charge on any atom is 0.305 e. The van der Waals surface area contributed by atoms with Crippen molar-refractivity contribution in [2.24, 2.45) is 0 Å². The lowest BCUT2D eigenvalue weighted by Crippen LogP contribution is -2.53. The number of hydrogen-bond acceptors (Lipinski definition) is 4. The molecule has 3 aromatic rings. The normalized spacial score (nSPS) is 15.9. The van der Waals surface area contributed by atoms with Crippen LogP contribution in [0.3, 0.4) is 0 Å². The van der Waals surface area contributed by atoms with E-state index in [9.17, 15) is 14.7 Å². The number of aromatic nitrogens is 2. The van der Waals surface area contributed by atoms with Gasteiger partial charge in [-0.3, -0.25) is 14.2 Å². The van der Waals surface area contributed by atoms with Crippen LogP contribution in [0.2, 0.25) is 0 Å². The van der Waals surface area contributed by atoms with E-state index in [0.717, 1.165) is 22.5 Å². The average Bonchev–Trinajstić information content (AvgIpc) is 3.03. The number of carboxylic acids is 1. The van der Waals surface area contributed by atoms with Crippen molar-refractivity contribution in [1.82, 2.24) is 14.9 Å². The van der Waals surface area contributed by atoms with Gasteiger partial charge in [-0.1, -0.05) is 18.2 Å². The Morgan fingerprint density at radius 1 is 1.17 bits per heavy atom. The van der Waals surface area contributed by atoms with E-state index in [1.54, 1.807) is 12.1 Å². The Morgan fingerprint density at radius 3 is 2.59 bits per heavy atom. The molecule has 1 fully saturated rings. The molecule has 7 heteroatoms. The van der Waals surface area contributed by atoms with E-state index in [2.05, 4.69) is 10.3 Å². The van der Waals surface area contributed by atoms with E-state index in [1.807, 2.05) is 47.9 Å². The number of nitrogens with one attached hydrogen (secondary N) is 1. The first-order valence-corrected chi connectivity index (χ1v) is 9.64. The summed E-state index contributed by atoms with van der Waals surface area (Å²) in [5, 5.41) is 12.3. The van der Waals surface area contributed by atoms with Gasteiger partial charge in [0.2, 0.25) is 0 Å². The van der Waals surface area contributed by atoms with Crippen LogP contribution in [0.1, 0.15) is 35.4 Å². The van der Waals surface area contributed by atoms with Gasteiger partial charge in [0.25, 0.3) is 5.91 Å². The summed E-state index contributed by atoms with van der Waals surface area (Å²) in [5.74, 6) is -0.391. The Balaban J connectivity index is 1.64. The summed E-state index contributed by atoms with van der Waals surface area (Å²) in [6.07, 6.45) is 0.843. The second kappa shape index (κ2) is 7.67. The number of carboxylic acid groups (broad SMARTS) is 1. The zero-order valence-electron chi connectivity index (χ0n) is 16.2. The highest BCUT2D eigenvalue weighted by atomic mass is 16.5. The number of imidazole rings is 1. The fourth-order valence-electron chi connectivity index (χ4n) is 3.96. The lowest BCUT2D eigenvalue weighted by molar-refractivity contribution is -0.139. The Labute approximate surface area is 168 Å². The number of ether oxygens (including phenoxy) is 1. The van der Waals surface area contributed by atoms with Gasteiger partial charge < -0.3 is 15.2 Å². The summed E-state index contributed by atoms with van der Waals surface area (Å²) in [7, 11) is 0. The third-order valence-electron chi connectivity index (χ3n) is 5.42. The highest BCUT2D eigenvalue weighted by Gasteiger charge is 2.36. The largest absolute Gasteiger partial charge is 0.481 e. The van der Waals surface area contributed by atoms with Crippen LogP contribution in [-0.2, 0) is 9.53 Å². The van der Waals surface area contributed by atoms with Gasteiger partial charge in [0.15, 0.2) is 0 Å². The van der Waals surface area contributed by atoms with Crippen LogP contribution >= 0.6 is 0 Å². The van der Waals surface area contributed by atoms with Gasteiger partial charge in [0, 0.05) is 24.5 Å². The highest BCUT2D eigenvalue weighted by molar-refractivity contribution is 5.98. The molecule has 0 saturated carbocycles. The Bertz CT molecular complexity index is 1050. The molecule has 1 aromatic heterocycles. The smallest absolute Gasteiger partial charge is 0.305 e. The van der Waals surface area contributed by atoms with Crippen molar-refractivity contribution in [3.63, 3.8) is 0 Å². The number of para-hydroxylation sites is 1. The molecule has 2 aromatic carbocycles. The first kappa shape index (κ1) is 19.1.